The Morgan fingerprint density at radius 1 is 0.706 bits per heavy atom. The molecule has 0 rings (SSSR count). The molecule has 0 aliphatic rings. The van der Waals surface area contributed by atoms with Crippen LogP contribution in [0.1, 0.15) is 1.43 Å². The van der Waals surface area contributed by atoms with Gasteiger partial charge in [-0.25, -0.2) is 27.1 Å². The van der Waals surface area contributed by atoms with Gasteiger partial charge in [-0.3, -0.25) is 0 Å². The minimum atomic E-state index is -5.34. The van der Waals surface area contributed by atoms with Crippen molar-refractivity contribution in [3.05, 3.63) is 0 Å². The average Bonchev–Trinajstić information content (AvgIpc) is 1.77. The van der Waals surface area contributed by atoms with E-state index in [0.29, 0.717) is 0 Å². The van der Waals surface area contributed by atoms with E-state index in [1.165, 1.54) is 0 Å². The Morgan fingerprint density at radius 2 is 0.765 bits per heavy atom. The zero-order chi connectivity index (χ0) is 14.0. The smallest absolute Gasteiger partial charge is 1.00 e. The first-order valence-electron chi connectivity index (χ1n) is 2.68. The third-order valence-corrected chi connectivity index (χ3v) is 1.94. The molecule has 0 heterocycles. The zero-order valence-corrected chi connectivity index (χ0v) is 15.8. The first-order chi connectivity index (χ1) is 6.50. The molecule has 102 valence electrons. The van der Waals surface area contributed by atoms with E-state index in [1.54, 1.807) is 0 Å². The summed E-state index contributed by atoms with van der Waals surface area (Å²) in [5.41, 5.74) is -10.6. The molecule has 0 bridgehead atoms. The number of primary sulfonamides is 2. The number of nitrogens with two attached hydrogens (primary N) is 2. The molecule has 0 saturated carbocycles. The fourth-order valence-corrected chi connectivity index (χ4v) is 0. The van der Waals surface area contributed by atoms with Crippen LogP contribution in [0.15, 0.2) is 0 Å². The van der Waals surface area contributed by atoms with Gasteiger partial charge < -0.3 is 1.43 Å². The predicted molar refractivity (Wildman–Crippen MR) is 39.4 cm³/mol. The number of hydrogen-bond donors (Lipinski definition) is 2. The quantitative estimate of drug-likeness (QED) is 0.390. The average molecular weight is 432 g/mol. The van der Waals surface area contributed by atoms with Gasteiger partial charge in [0.25, 0.3) is 0 Å². The molecule has 0 radical (unpaired) electrons. The second kappa shape index (κ2) is 7.29. The van der Waals surface area contributed by atoms with Crippen molar-refractivity contribution in [3.8, 4) is 0 Å². The third-order valence-electron chi connectivity index (χ3n) is 0.645. The van der Waals surface area contributed by atoms with E-state index in [2.05, 4.69) is 10.3 Å². The molecule has 0 fully saturated rings. The molecule has 0 amide bonds. The predicted octanol–water partition coefficient (Wildman–Crippen LogP) is -3.29. The van der Waals surface area contributed by atoms with Crippen molar-refractivity contribution in [2.45, 2.75) is 11.0 Å². The second-order valence-electron chi connectivity index (χ2n) is 1.98. The van der Waals surface area contributed by atoms with Gasteiger partial charge in [0.15, 0.2) is 0 Å². The Labute approximate surface area is 152 Å². The van der Waals surface area contributed by atoms with E-state index in [4.69, 9.17) is 0 Å². The van der Waals surface area contributed by atoms with Crippen molar-refractivity contribution in [2.75, 3.05) is 0 Å². The van der Waals surface area contributed by atoms with Crippen LogP contribution < -0.4 is 79.2 Å². The van der Waals surface area contributed by atoms with Gasteiger partial charge in [0.1, 0.15) is 0 Å². The summed E-state index contributed by atoms with van der Waals surface area (Å²) in [5.74, 6) is 0. The van der Waals surface area contributed by atoms with Crippen molar-refractivity contribution < 1.29 is 113 Å². The number of halogens is 6. The second-order valence-corrected chi connectivity index (χ2v) is 5.09. The molecule has 17 heavy (non-hydrogen) atoms. The van der Waals surface area contributed by atoms with Crippen LogP contribution in [0.5, 0.6) is 0 Å². The molecule has 0 aromatic rings. The Morgan fingerprint density at radius 3 is 0.765 bits per heavy atom. The molecule has 0 unspecified atom stereocenters. The Balaban J connectivity index is -0.0000000980. The Bertz CT molecular complexity index is 385. The normalized spacial score (nSPS) is 13.2. The van der Waals surface area contributed by atoms with Gasteiger partial charge in [-0.2, -0.15) is 26.3 Å². The topological polar surface area (TPSA) is 120 Å². The van der Waals surface area contributed by atoms with Gasteiger partial charge in [-0.15, -0.1) is 0 Å². The maximum atomic E-state index is 10.8. The first kappa shape index (κ1) is 23.5. The number of alkyl halides is 6. The van der Waals surface area contributed by atoms with Crippen LogP contribution in [0, 0.1) is 0 Å². The van der Waals surface area contributed by atoms with Gasteiger partial charge in [-0.1, -0.05) is 0 Å². The van der Waals surface area contributed by atoms with Crippen molar-refractivity contribution in [3.63, 3.8) is 0 Å². The minimum Gasteiger partial charge on any atom is -1.00 e. The van der Waals surface area contributed by atoms with Crippen LogP contribution >= 0.6 is 0 Å². The molecular formula is C2H5CsF6N2O4S2. The molecule has 4 N–H and O–H groups in total. The van der Waals surface area contributed by atoms with Crippen LogP contribution in [-0.4, -0.2) is 27.9 Å². The van der Waals surface area contributed by atoms with Gasteiger partial charge in [0.05, 0.1) is 0 Å². The van der Waals surface area contributed by atoms with Crippen molar-refractivity contribution >= 4 is 20.0 Å². The maximum Gasteiger partial charge on any atom is 1.00 e. The molecule has 0 aromatic carbocycles. The van der Waals surface area contributed by atoms with Gasteiger partial charge in [0.2, 0.25) is 0 Å². The summed E-state index contributed by atoms with van der Waals surface area (Å²) < 4.78 is 102. The summed E-state index contributed by atoms with van der Waals surface area (Å²) in [7, 11) is -10.7. The van der Waals surface area contributed by atoms with Crippen molar-refractivity contribution in [2.24, 2.45) is 10.3 Å². The van der Waals surface area contributed by atoms with Gasteiger partial charge in [0, 0.05) is 0 Å². The van der Waals surface area contributed by atoms with E-state index in [1.807, 2.05) is 0 Å². The SMILES string of the molecule is NS(=O)(=O)C(F)(F)F.NS(=O)(=O)C(F)(F)F.[Cs+].[H-]. The summed E-state index contributed by atoms with van der Waals surface area (Å²) in [5, 5.41) is 7.32. The summed E-state index contributed by atoms with van der Waals surface area (Å²) in [4.78, 5) is 0. The fraction of sp³-hybridized carbons (Fsp3) is 1.00. The van der Waals surface area contributed by atoms with E-state index in [9.17, 15) is 43.2 Å². The standard InChI is InChI=1S/2CH2F3NO2S.Cs.H/c2*2-1(3,4)8(5,6)7;;/h2*(H2,5,6,7);;/q;;+1;-1. The summed E-state index contributed by atoms with van der Waals surface area (Å²) >= 11 is 0. The molecular weight excluding hydrogens is 427 g/mol. The van der Waals surface area contributed by atoms with E-state index >= 15 is 0 Å². The molecule has 0 spiro atoms. The Hall–Kier alpha value is 1.45. The van der Waals surface area contributed by atoms with Gasteiger partial charge in [-0.05, 0) is 0 Å². The fourth-order valence-electron chi connectivity index (χ4n) is 0. The summed E-state index contributed by atoms with van der Waals surface area (Å²) in [6.07, 6.45) is 0. The largest absolute Gasteiger partial charge is 1.00 e. The minimum absolute atomic E-state index is 0. The monoisotopic (exact) mass is 432 g/mol. The molecule has 0 saturated heterocycles. The van der Waals surface area contributed by atoms with E-state index < -0.39 is 31.1 Å². The summed E-state index contributed by atoms with van der Waals surface area (Å²) in [6, 6.07) is 0. The summed E-state index contributed by atoms with van der Waals surface area (Å²) in [6.45, 7) is 0. The molecule has 0 aliphatic carbocycles. The number of rotatable bonds is 0. The van der Waals surface area contributed by atoms with Crippen LogP contribution in [-0.2, 0) is 20.0 Å². The molecule has 0 aromatic heterocycles. The maximum absolute atomic E-state index is 10.8. The van der Waals surface area contributed by atoms with Crippen LogP contribution in [0.25, 0.3) is 0 Å². The third kappa shape index (κ3) is 11.0. The first-order valence-corrected chi connectivity index (χ1v) is 5.77. The molecule has 0 atom stereocenters. The molecule has 15 heteroatoms. The zero-order valence-electron chi connectivity index (χ0n) is 8.87. The van der Waals surface area contributed by atoms with Crippen LogP contribution in [0.4, 0.5) is 26.3 Å². The van der Waals surface area contributed by atoms with Crippen LogP contribution in [0.2, 0.25) is 0 Å². The van der Waals surface area contributed by atoms with Crippen molar-refractivity contribution in [1.29, 1.82) is 0 Å². The number of sulfonamides is 2. The van der Waals surface area contributed by atoms with E-state index in [-0.39, 0.29) is 70.3 Å². The van der Waals surface area contributed by atoms with Crippen LogP contribution in [0.3, 0.4) is 0 Å². The Kier molecular flexibility index (Phi) is 10.1. The van der Waals surface area contributed by atoms with E-state index in [0.717, 1.165) is 0 Å². The van der Waals surface area contributed by atoms with Gasteiger partial charge >= 0.3 is 100.0 Å². The van der Waals surface area contributed by atoms with Crippen molar-refractivity contribution in [1.82, 2.24) is 0 Å². The molecule has 6 nitrogen and oxygen atoms in total. The number of hydrogen-bond acceptors (Lipinski definition) is 4. The molecule has 0 aliphatic heterocycles.